The molecule has 0 radical (unpaired) electrons. The number of rotatable bonds is 32. The molecule has 0 spiro atoms. The van der Waals surface area contributed by atoms with E-state index in [1.165, 1.54) is 69.8 Å². The second-order valence-electron chi connectivity index (χ2n) is 23.6. The topological polar surface area (TPSA) is 149 Å². The standard InChI is InChI=1S/C70H90ClN3O8/c1-69(2,3)81-66(77)42-24-15-13-11-9-7-5-4-6-8-10-12-14-23-41-65(76)74-63(47-48-64(75)72-49-50-73-68(79)80-51-60-58-37-27-25-35-56(58)57-36-26-28-38-59(57)60)67(78)82-70(54-33-21-18-22-34-54,61-39-29-30-40-62(61)71)55-45-43-53(44-46-55)52-31-19-16-17-20-32-52/h18,21-22,25-30,33-40,43-46,52,60,63H,4-17,19-20,23-24,31-32,41-42,47-51H2,1-3H3,(H,72,75)(H,73,79)(H,74,76)/t63-,70?/m0/s1. The van der Waals surface area contributed by atoms with Gasteiger partial charge >= 0.3 is 18.0 Å². The fourth-order valence-electron chi connectivity index (χ4n) is 11.9. The molecule has 3 N–H and O–H groups in total. The maximum atomic E-state index is 15.1. The molecule has 12 heteroatoms. The summed E-state index contributed by atoms with van der Waals surface area (Å²) in [5.41, 5.74) is 5.82. The van der Waals surface area contributed by atoms with E-state index in [1.807, 2.05) is 106 Å². The number of amides is 3. The van der Waals surface area contributed by atoms with Crippen molar-refractivity contribution in [3.8, 4) is 11.1 Å². The lowest BCUT2D eigenvalue weighted by Gasteiger charge is -2.37. The number of hydrogen-bond acceptors (Lipinski definition) is 8. The molecule has 0 heterocycles. The molecule has 7 rings (SSSR count). The van der Waals surface area contributed by atoms with Crippen LogP contribution in [0.5, 0.6) is 0 Å². The van der Waals surface area contributed by atoms with E-state index in [1.54, 1.807) is 6.07 Å². The van der Waals surface area contributed by atoms with Crippen LogP contribution in [0.3, 0.4) is 0 Å². The van der Waals surface area contributed by atoms with Gasteiger partial charge in [0.15, 0.2) is 5.60 Å². The number of carbonyl (C=O) groups excluding carboxylic acids is 5. The summed E-state index contributed by atoms with van der Waals surface area (Å²) in [6.07, 6.45) is 22.5. The summed E-state index contributed by atoms with van der Waals surface area (Å²) in [6, 6.07) is 40.5. The number of ether oxygens (including phenoxy) is 3. The Bertz CT molecular complexity index is 2740. The van der Waals surface area contributed by atoms with E-state index in [2.05, 4.69) is 52.3 Å². The van der Waals surface area contributed by atoms with Gasteiger partial charge in [0.2, 0.25) is 11.8 Å². The number of hydrogen-bond donors (Lipinski definition) is 3. The summed E-state index contributed by atoms with van der Waals surface area (Å²) >= 11 is 7.11. The molecule has 0 saturated heterocycles. The summed E-state index contributed by atoms with van der Waals surface area (Å²) in [7, 11) is 0. The lowest BCUT2D eigenvalue weighted by Crippen LogP contribution is -2.47. The third-order valence-corrected chi connectivity index (χ3v) is 16.5. The number of carbonyl (C=O) groups is 5. The SMILES string of the molecule is CC(C)(C)OC(=O)CCCCCCCCCCCCCCCCC(=O)N[C@@H](CCC(=O)NCCNC(=O)OCC1c2ccccc2-c2ccccc21)C(=O)OC(c1ccccc1)(c1ccc(C2CCCCCC2)cc1)c1ccccc1Cl. The van der Waals surface area contributed by atoms with Crippen LogP contribution in [-0.2, 0) is 39.0 Å². The highest BCUT2D eigenvalue weighted by molar-refractivity contribution is 6.31. The molecule has 0 bridgehead atoms. The van der Waals surface area contributed by atoms with Crippen LogP contribution in [0.4, 0.5) is 4.79 Å². The van der Waals surface area contributed by atoms with Gasteiger partial charge in [-0.3, -0.25) is 14.4 Å². The first-order valence-corrected chi connectivity index (χ1v) is 31.2. The van der Waals surface area contributed by atoms with Crippen molar-refractivity contribution >= 4 is 41.4 Å². The predicted octanol–water partition coefficient (Wildman–Crippen LogP) is 16.1. The minimum Gasteiger partial charge on any atom is -0.460 e. The molecule has 2 aliphatic rings. The van der Waals surface area contributed by atoms with E-state index >= 15 is 4.79 Å². The molecule has 82 heavy (non-hydrogen) atoms. The molecule has 440 valence electrons. The highest BCUT2D eigenvalue weighted by atomic mass is 35.5. The van der Waals surface area contributed by atoms with Gasteiger partial charge in [0.05, 0.1) is 0 Å². The van der Waals surface area contributed by atoms with E-state index in [0.29, 0.717) is 40.5 Å². The summed E-state index contributed by atoms with van der Waals surface area (Å²) in [4.78, 5) is 67.4. The van der Waals surface area contributed by atoms with Crippen molar-refractivity contribution < 1.29 is 38.2 Å². The van der Waals surface area contributed by atoms with Crippen molar-refractivity contribution in [2.24, 2.45) is 0 Å². The van der Waals surface area contributed by atoms with Gasteiger partial charge < -0.3 is 30.2 Å². The number of fused-ring (bicyclic) bond motifs is 3. The zero-order valence-corrected chi connectivity index (χ0v) is 49.8. The fraction of sp³-hybridized carbons (Fsp3) is 0.500. The van der Waals surface area contributed by atoms with Gasteiger partial charge in [-0.05, 0) is 92.7 Å². The summed E-state index contributed by atoms with van der Waals surface area (Å²) in [5.74, 6) is -1.05. The number of unbranched alkanes of at least 4 members (excludes halogenated alkanes) is 13. The molecule has 1 fully saturated rings. The van der Waals surface area contributed by atoms with E-state index in [-0.39, 0.29) is 62.7 Å². The maximum absolute atomic E-state index is 15.1. The summed E-state index contributed by atoms with van der Waals surface area (Å²) in [6.45, 7) is 6.15. The number of halogens is 1. The Morgan fingerprint density at radius 3 is 1.63 bits per heavy atom. The molecular weight excluding hydrogens is 1050 g/mol. The largest absolute Gasteiger partial charge is 0.460 e. The average molecular weight is 1140 g/mol. The second kappa shape index (κ2) is 33.0. The van der Waals surface area contributed by atoms with Crippen LogP contribution < -0.4 is 16.0 Å². The van der Waals surface area contributed by atoms with Crippen molar-refractivity contribution in [2.45, 2.75) is 204 Å². The maximum Gasteiger partial charge on any atom is 0.407 e. The first-order chi connectivity index (χ1) is 39.8. The van der Waals surface area contributed by atoms with Crippen molar-refractivity contribution in [1.82, 2.24) is 16.0 Å². The molecule has 3 amide bonds. The Morgan fingerprint density at radius 2 is 1.05 bits per heavy atom. The van der Waals surface area contributed by atoms with Crippen LogP contribution in [-0.4, -0.2) is 61.2 Å². The van der Waals surface area contributed by atoms with Gasteiger partial charge in [-0.2, -0.15) is 0 Å². The van der Waals surface area contributed by atoms with Crippen LogP contribution in [0.2, 0.25) is 5.02 Å². The van der Waals surface area contributed by atoms with Crippen LogP contribution in [0.15, 0.2) is 127 Å². The second-order valence-corrected chi connectivity index (χ2v) is 24.0. The third kappa shape index (κ3) is 19.3. The average Bonchev–Trinajstić information content (AvgIpc) is 2.55. The van der Waals surface area contributed by atoms with E-state index in [9.17, 15) is 19.2 Å². The molecule has 1 unspecified atom stereocenters. The molecular formula is C70H90ClN3O8. The van der Waals surface area contributed by atoms with Crippen molar-refractivity contribution in [3.63, 3.8) is 0 Å². The molecule has 1 saturated carbocycles. The Labute approximate surface area is 493 Å². The van der Waals surface area contributed by atoms with Crippen molar-refractivity contribution in [1.29, 1.82) is 0 Å². The van der Waals surface area contributed by atoms with Gasteiger partial charge in [-0.25, -0.2) is 9.59 Å². The summed E-state index contributed by atoms with van der Waals surface area (Å²) in [5, 5.41) is 9.03. The van der Waals surface area contributed by atoms with Gasteiger partial charge in [0.25, 0.3) is 0 Å². The minimum absolute atomic E-state index is 0.0277. The molecule has 5 aromatic rings. The first-order valence-electron chi connectivity index (χ1n) is 30.8. The van der Waals surface area contributed by atoms with Crippen LogP contribution in [0.1, 0.15) is 220 Å². The number of alkyl carbamates (subject to hydrolysis) is 1. The quantitative estimate of drug-likeness (QED) is 0.0127. The van der Waals surface area contributed by atoms with Gasteiger partial charge in [0, 0.05) is 60.0 Å². The van der Waals surface area contributed by atoms with E-state index in [0.717, 1.165) is 80.0 Å². The molecule has 2 aliphatic carbocycles. The Hall–Kier alpha value is -6.46. The number of esters is 2. The molecule has 11 nitrogen and oxygen atoms in total. The van der Waals surface area contributed by atoms with Crippen molar-refractivity contribution in [2.75, 3.05) is 19.7 Å². The zero-order chi connectivity index (χ0) is 58.0. The lowest BCUT2D eigenvalue weighted by atomic mass is 9.79. The normalized spacial score (nSPS) is 14.5. The highest BCUT2D eigenvalue weighted by Crippen LogP contribution is 2.46. The summed E-state index contributed by atoms with van der Waals surface area (Å²) < 4.78 is 18.0. The number of nitrogens with one attached hydrogen (secondary N) is 3. The van der Waals surface area contributed by atoms with Gasteiger partial charge in [-0.1, -0.05) is 236 Å². The van der Waals surface area contributed by atoms with Crippen molar-refractivity contribution in [3.05, 3.63) is 166 Å². The predicted molar refractivity (Wildman–Crippen MR) is 328 cm³/mol. The van der Waals surface area contributed by atoms with Crippen LogP contribution >= 0.6 is 11.6 Å². The Morgan fingerprint density at radius 1 is 0.537 bits per heavy atom. The van der Waals surface area contributed by atoms with Gasteiger partial charge in [-0.15, -0.1) is 0 Å². The Balaban J connectivity index is 0.929. The highest BCUT2D eigenvalue weighted by Gasteiger charge is 2.44. The molecule has 2 atom stereocenters. The smallest absolute Gasteiger partial charge is 0.407 e. The van der Waals surface area contributed by atoms with E-state index < -0.39 is 29.3 Å². The van der Waals surface area contributed by atoms with Crippen LogP contribution in [0, 0.1) is 0 Å². The minimum atomic E-state index is -1.51. The lowest BCUT2D eigenvalue weighted by molar-refractivity contribution is -0.158. The molecule has 0 aromatic heterocycles. The van der Waals surface area contributed by atoms with Gasteiger partial charge in [0.1, 0.15) is 18.2 Å². The number of benzene rings is 5. The molecule has 5 aromatic carbocycles. The third-order valence-electron chi connectivity index (χ3n) is 16.1. The Kier molecular flexibility index (Phi) is 25.4. The molecule has 0 aliphatic heterocycles. The fourth-order valence-corrected chi connectivity index (χ4v) is 12.1. The first kappa shape index (κ1) is 63.1. The zero-order valence-electron chi connectivity index (χ0n) is 49.1. The van der Waals surface area contributed by atoms with E-state index in [4.69, 9.17) is 25.8 Å². The van der Waals surface area contributed by atoms with Crippen LogP contribution in [0.25, 0.3) is 11.1 Å². The monoisotopic (exact) mass is 1140 g/mol.